The highest BCUT2D eigenvalue weighted by molar-refractivity contribution is 5.74. The van der Waals surface area contributed by atoms with Crippen molar-refractivity contribution in [3.63, 3.8) is 0 Å². The number of ether oxygens (including phenoxy) is 1. The molecule has 0 radical (unpaired) electrons. The molecule has 4 nitrogen and oxygen atoms in total. The third-order valence-electron chi connectivity index (χ3n) is 6.95. The number of hydrogen-bond acceptors (Lipinski definition) is 3. The van der Waals surface area contributed by atoms with Gasteiger partial charge in [-0.05, 0) is 51.4 Å². The summed E-state index contributed by atoms with van der Waals surface area (Å²) in [6.07, 6.45) is 22.7. The second kappa shape index (κ2) is 18.5. The molecule has 182 valence electrons. The van der Waals surface area contributed by atoms with Crippen LogP contribution in [0.3, 0.4) is 0 Å². The van der Waals surface area contributed by atoms with Crippen LogP contribution >= 0.6 is 0 Å². The maximum Gasteiger partial charge on any atom is 0.309 e. The van der Waals surface area contributed by atoms with Crippen LogP contribution in [0.25, 0.3) is 0 Å². The van der Waals surface area contributed by atoms with E-state index in [1.807, 2.05) is 0 Å². The van der Waals surface area contributed by atoms with Crippen molar-refractivity contribution in [3.8, 4) is 0 Å². The molecule has 1 rings (SSSR count). The number of esters is 1. The molecule has 1 saturated carbocycles. The molecular weight excluding hydrogens is 388 g/mol. The van der Waals surface area contributed by atoms with Crippen LogP contribution in [-0.2, 0) is 14.3 Å². The average molecular weight is 439 g/mol. The first-order valence-electron chi connectivity index (χ1n) is 13.5. The number of carbonyl (C=O) groups is 2. The van der Waals surface area contributed by atoms with Gasteiger partial charge >= 0.3 is 11.9 Å². The Hall–Kier alpha value is -1.06. The highest BCUT2D eigenvalue weighted by Crippen LogP contribution is 2.30. The summed E-state index contributed by atoms with van der Waals surface area (Å²) in [5.41, 5.74) is 0. The van der Waals surface area contributed by atoms with Crippen LogP contribution < -0.4 is 0 Å². The van der Waals surface area contributed by atoms with Crippen molar-refractivity contribution in [2.24, 2.45) is 11.8 Å². The van der Waals surface area contributed by atoms with Crippen molar-refractivity contribution >= 4 is 11.9 Å². The van der Waals surface area contributed by atoms with Crippen molar-refractivity contribution in [1.82, 2.24) is 0 Å². The fourth-order valence-electron chi connectivity index (χ4n) is 4.76. The second-order valence-electron chi connectivity index (χ2n) is 9.77. The third-order valence-corrected chi connectivity index (χ3v) is 6.95. The standard InChI is InChI=1S/C27H50O4/c1-3-5-7-8-9-10-11-12-13-14-16-18-25(17-15-6-4-2)31-27(30)24-21-19-23(20-22-24)26(28)29/h23-25H,3-22H2,1-2H3,(H,28,29). The summed E-state index contributed by atoms with van der Waals surface area (Å²) in [6, 6.07) is 0. The van der Waals surface area contributed by atoms with Gasteiger partial charge in [0.15, 0.2) is 0 Å². The maximum atomic E-state index is 12.6. The van der Waals surface area contributed by atoms with Gasteiger partial charge in [-0.25, -0.2) is 0 Å². The van der Waals surface area contributed by atoms with Gasteiger partial charge in [0.05, 0.1) is 11.8 Å². The fourth-order valence-corrected chi connectivity index (χ4v) is 4.76. The molecule has 0 amide bonds. The van der Waals surface area contributed by atoms with E-state index < -0.39 is 5.97 Å². The first kappa shape index (κ1) is 28.0. The van der Waals surface area contributed by atoms with E-state index in [0.717, 1.165) is 25.7 Å². The van der Waals surface area contributed by atoms with E-state index in [1.165, 1.54) is 77.0 Å². The minimum absolute atomic E-state index is 0.0508. The molecule has 1 fully saturated rings. The SMILES string of the molecule is CCCCCCCCCCCCCC(CCCCC)OC(=O)C1CCC(C(=O)O)CC1. The average Bonchev–Trinajstić information content (AvgIpc) is 2.77. The Kier molecular flexibility index (Phi) is 16.7. The molecule has 0 aromatic heterocycles. The summed E-state index contributed by atoms with van der Waals surface area (Å²) in [5, 5.41) is 9.15. The second-order valence-corrected chi connectivity index (χ2v) is 9.77. The molecule has 1 aliphatic rings. The van der Waals surface area contributed by atoms with Crippen molar-refractivity contribution < 1.29 is 19.4 Å². The summed E-state index contributed by atoms with van der Waals surface area (Å²) in [7, 11) is 0. The first-order valence-corrected chi connectivity index (χ1v) is 13.5. The Bertz CT molecular complexity index is 454. The van der Waals surface area contributed by atoms with E-state index in [0.29, 0.717) is 25.7 Å². The topological polar surface area (TPSA) is 63.6 Å². The molecule has 1 N–H and O–H groups in total. The number of carbonyl (C=O) groups excluding carboxylic acids is 1. The zero-order chi connectivity index (χ0) is 22.7. The molecule has 1 aliphatic carbocycles. The van der Waals surface area contributed by atoms with Crippen LogP contribution in [0.15, 0.2) is 0 Å². The minimum Gasteiger partial charge on any atom is -0.481 e. The Labute approximate surface area is 191 Å². The molecule has 1 atom stereocenters. The first-order chi connectivity index (χ1) is 15.1. The lowest BCUT2D eigenvalue weighted by atomic mass is 9.82. The summed E-state index contributed by atoms with van der Waals surface area (Å²) in [6.45, 7) is 4.47. The molecule has 4 heteroatoms. The molecule has 0 heterocycles. The molecule has 31 heavy (non-hydrogen) atoms. The van der Waals surface area contributed by atoms with Gasteiger partial charge in [-0.15, -0.1) is 0 Å². The van der Waals surface area contributed by atoms with Crippen molar-refractivity contribution in [2.45, 2.75) is 148 Å². The number of hydrogen-bond donors (Lipinski definition) is 1. The minimum atomic E-state index is -0.722. The molecule has 0 aromatic rings. The third kappa shape index (κ3) is 13.9. The normalized spacial score (nSPS) is 19.8. The van der Waals surface area contributed by atoms with E-state index in [-0.39, 0.29) is 23.9 Å². The van der Waals surface area contributed by atoms with Crippen LogP contribution in [0.1, 0.15) is 142 Å². The Morgan fingerprint density at radius 3 is 1.55 bits per heavy atom. The predicted molar refractivity (Wildman–Crippen MR) is 128 cm³/mol. The molecule has 1 unspecified atom stereocenters. The monoisotopic (exact) mass is 438 g/mol. The quantitative estimate of drug-likeness (QED) is 0.163. The maximum absolute atomic E-state index is 12.6. The zero-order valence-corrected chi connectivity index (χ0v) is 20.5. The summed E-state index contributed by atoms with van der Waals surface area (Å²) in [4.78, 5) is 23.8. The molecular formula is C27H50O4. The van der Waals surface area contributed by atoms with E-state index in [4.69, 9.17) is 9.84 Å². The van der Waals surface area contributed by atoms with Crippen molar-refractivity contribution in [3.05, 3.63) is 0 Å². The van der Waals surface area contributed by atoms with Gasteiger partial charge in [0.2, 0.25) is 0 Å². The van der Waals surface area contributed by atoms with Gasteiger partial charge in [-0.3, -0.25) is 9.59 Å². The number of carboxylic acids is 1. The highest BCUT2D eigenvalue weighted by atomic mass is 16.5. The van der Waals surface area contributed by atoms with Crippen LogP contribution in [0.4, 0.5) is 0 Å². The fraction of sp³-hybridized carbons (Fsp3) is 0.926. The van der Waals surface area contributed by atoms with Crippen LogP contribution in [0.2, 0.25) is 0 Å². The summed E-state index contributed by atoms with van der Waals surface area (Å²) >= 11 is 0. The van der Waals surface area contributed by atoms with Crippen molar-refractivity contribution in [2.75, 3.05) is 0 Å². The number of carboxylic acid groups (broad SMARTS) is 1. The Morgan fingerprint density at radius 2 is 1.06 bits per heavy atom. The molecule has 0 saturated heterocycles. The van der Waals surface area contributed by atoms with E-state index >= 15 is 0 Å². The van der Waals surface area contributed by atoms with Crippen LogP contribution in [0.5, 0.6) is 0 Å². The van der Waals surface area contributed by atoms with Crippen LogP contribution in [0, 0.1) is 11.8 Å². The van der Waals surface area contributed by atoms with Crippen LogP contribution in [-0.4, -0.2) is 23.1 Å². The van der Waals surface area contributed by atoms with Gasteiger partial charge in [0.1, 0.15) is 6.10 Å². The lowest BCUT2D eigenvalue weighted by Gasteiger charge is -2.27. The number of aliphatic carboxylic acids is 1. The molecule has 0 spiro atoms. The molecule has 0 bridgehead atoms. The van der Waals surface area contributed by atoms with E-state index in [9.17, 15) is 9.59 Å². The van der Waals surface area contributed by atoms with E-state index in [1.54, 1.807) is 0 Å². The van der Waals surface area contributed by atoms with Gasteiger partial charge in [0.25, 0.3) is 0 Å². The van der Waals surface area contributed by atoms with Gasteiger partial charge in [0, 0.05) is 0 Å². The van der Waals surface area contributed by atoms with Gasteiger partial charge in [-0.2, -0.15) is 0 Å². The van der Waals surface area contributed by atoms with Gasteiger partial charge in [-0.1, -0.05) is 90.9 Å². The Balaban J connectivity index is 2.20. The lowest BCUT2D eigenvalue weighted by Crippen LogP contribution is -2.29. The molecule has 0 aromatic carbocycles. The number of rotatable bonds is 19. The summed E-state index contributed by atoms with van der Waals surface area (Å²) < 4.78 is 5.94. The smallest absolute Gasteiger partial charge is 0.309 e. The summed E-state index contributed by atoms with van der Waals surface area (Å²) in [5.74, 6) is -1.17. The predicted octanol–water partition coefficient (Wildman–Crippen LogP) is 8.07. The highest BCUT2D eigenvalue weighted by Gasteiger charge is 2.31. The number of unbranched alkanes of at least 4 members (excludes halogenated alkanes) is 12. The Morgan fingerprint density at radius 1 is 0.677 bits per heavy atom. The van der Waals surface area contributed by atoms with E-state index in [2.05, 4.69) is 13.8 Å². The zero-order valence-electron chi connectivity index (χ0n) is 20.5. The lowest BCUT2D eigenvalue weighted by molar-refractivity contribution is -0.158. The van der Waals surface area contributed by atoms with Crippen molar-refractivity contribution in [1.29, 1.82) is 0 Å². The molecule has 0 aliphatic heterocycles. The van der Waals surface area contributed by atoms with Gasteiger partial charge < -0.3 is 9.84 Å². The largest absolute Gasteiger partial charge is 0.481 e.